The molecule has 0 saturated heterocycles. The lowest BCUT2D eigenvalue weighted by molar-refractivity contribution is 0.100. The molecule has 1 amide bonds. The van der Waals surface area contributed by atoms with Crippen molar-refractivity contribution in [3.8, 4) is 0 Å². The summed E-state index contributed by atoms with van der Waals surface area (Å²) in [6, 6.07) is 4.71. The highest BCUT2D eigenvalue weighted by atomic mass is 16.1. The van der Waals surface area contributed by atoms with Crippen LogP contribution in [0.15, 0.2) is 23.0 Å². The fraction of sp³-hybridized carbons (Fsp3) is 0.111. The number of hydrogen-bond donors (Lipinski definition) is 1. The zero-order valence-corrected chi connectivity index (χ0v) is 7.97. The minimum atomic E-state index is -0.647. The molecule has 2 aromatic rings. The predicted octanol–water partition coefficient (Wildman–Crippen LogP) is -0.573. The lowest BCUT2D eigenvalue weighted by Crippen LogP contribution is -2.24. The normalized spacial score (nSPS) is 10.5. The van der Waals surface area contributed by atoms with Crippen LogP contribution in [0.2, 0.25) is 0 Å². The van der Waals surface area contributed by atoms with Crippen molar-refractivity contribution in [2.24, 2.45) is 12.8 Å². The van der Waals surface area contributed by atoms with Gasteiger partial charge in [-0.05, 0) is 12.1 Å². The van der Waals surface area contributed by atoms with E-state index < -0.39 is 5.91 Å². The third-order valence-corrected chi connectivity index (χ3v) is 2.10. The fourth-order valence-corrected chi connectivity index (χ4v) is 1.37. The zero-order chi connectivity index (χ0) is 11.0. The largest absolute Gasteiger partial charge is 0.366 e. The summed E-state index contributed by atoms with van der Waals surface area (Å²) in [5.41, 5.74) is 5.32. The molecule has 0 atom stereocenters. The van der Waals surface area contributed by atoms with Crippen LogP contribution in [0.25, 0.3) is 10.9 Å². The Balaban J connectivity index is 3.01. The Bertz CT molecular complexity index is 603. The minimum Gasteiger partial charge on any atom is -0.366 e. The van der Waals surface area contributed by atoms with E-state index in [0.29, 0.717) is 5.52 Å². The van der Waals surface area contributed by atoms with Crippen LogP contribution in [0.3, 0.4) is 0 Å². The van der Waals surface area contributed by atoms with Crippen LogP contribution in [-0.4, -0.2) is 20.9 Å². The maximum Gasteiger partial charge on any atom is 0.278 e. The van der Waals surface area contributed by atoms with Crippen molar-refractivity contribution in [3.05, 3.63) is 34.1 Å². The second-order valence-electron chi connectivity index (χ2n) is 3.08. The van der Waals surface area contributed by atoms with E-state index in [1.54, 1.807) is 12.1 Å². The van der Waals surface area contributed by atoms with Crippen LogP contribution in [0.5, 0.6) is 0 Å². The number of carbonyl (C=O) groups is 1. The van der Waals surface area contributed by atoms with Crippen LogP contribution >= 0.6 is 0 Å². The number of primary amides is 1. The summed E-state index contributed by atoms with van der Waals surface area (Å²) < 4.78 is 1.06. The molecule has 1 aromatic heterocycles. The van der Waals surface area contributed by atoms with Crippen molar-refractivity contribution in [1.82, 2.24) is 15.0 Å². The van der Waals surface area contributed by atoms with E-state index in [1.807, 2.05) is 0 Å². The van der Waals surface area contributed by atoms with Crippen molar-refractivity contribution >= 4 is 16.8 Å². The summed E-state index contributed by atoms with van der Waals surface area (Å²) in [7, 11) is 1.46. The lowest BCUT2D eigenvalue weighted by Gasteiger charge is -2.01. The number of nitrogens with two attached hydrogens (primary N) is 1. The number of benzene rings is 1. The van der Waals surface area contributed by atoms with E-state index in [4.69, 9.17) is 5.73 Å². The van der Waals surface area contributed by atoms with Gasteiger partial charge in [-0.15, -0.1) is 5.10 Å². The van der Waals surface area contributed by atoms with Gasteiger partial charge in [0, 0.05) is 7.05 Å². The molecule has 6 heteroatoms. The highest BCUT2D eigenvalue weighted by molar-refractivity contribution is 6.04. The molecule has 1 aromatic carbocycles. The Morgan fingerprint density at radius 1 is 1.47 bits per heavy atom. The molecule has 0 aliphatic heterocycles. The molecule has 15 heavy (non-hydrogen) atoms. The van der Waals surface area contributed by atoms with Crippen LogP contribution < -0.4 is 11.3 Å². The van der Waals surface area contributed by atoms with Crippen LogP contribution in [0.4, 0.5) is 0 Å². The Kier molecular flexibility index (Phi) is 1.96. The van der Waals surface area contributed by atoms with Gasteiger partial charge in [-0.3, -0.25) is 9.59 Å². The number of nitrogens with zero attached hydrogens (tertiary/aromatic N) is 3. The molecular weight excluding hydrogens is 196 g/mol. The van der Waals surface area contributed by atoms with Gasteiger partial charge < -0.3 is 5.73 Å². The molecule has 2 rings (SSSR count). The fourth-order valence-electron chi connectivity index (χ4n) is 1.37. The standard InChI is InChI=1S/C9H8N4O2/c1-13-9(15)7-5(8(10)14)3-2-4-6(7)11-12-13/h2-4H,1H3,(H2,10,14). The van der Waals surface area contributed by atoms with Crippen molar-refractivity contribution in [3.63, 3.8) is 0 Å². The highest BCUT2D eigenvalue weighted by Gasteiger charge is 2.11. The van der Waals surface area contributed by atoms with Crippen LogP contribution in [0, 0.1) is 0 Å². The summed E-state index contributed by atoms with van der Waals surface area (Å²) in [6.45, 7) is 0. The Morgan fingerprint density at radius 3 is 2.87 bits per heavy atom. The monoisotopic (exact) mass is 204 g/mol. The number of aromatic nitrogens is 3. The Labute approximate surface area is 84.3 Å². The van der Waals surface area contributed by atoms with Crippen molar-refractivity contribution in [2.45, 2.75) is 0 Å². The van der Waals surface area contributed by atoms with Crippen molar-refractivity contribution in [1.29, 1.82) is 0 Å². The molecule has 0 saturated carbocycles. The van der Waals surface area contributed by atoms with E-state index in [-0.39, 0.29) is 16.5 Å². The van der Waals surface area contributed by atoms with Gasteiger partial charge in [0.15, 0.2) is 0 Å². The average molecular weight is 204 g/mol. The SMILES string of the molecule is Cn1nnc2cccc(C(N)=O)c2c1=O. The topological polar surface area (TPSA) is 90.9 Å². The predicted molar refractivity (Wildman–Crippen MR) is 53.3 cm³/mol. The molecule has 0 aliphatic carbocycles. The first-order valence-electron chi connectivity index (χ1n) is 4.24. The number of amides is 1. The molecule has 2 N–H and O–H groups in total. The second kappa shape index (κ2) is 3.16. The Morgan fingerprint density at radius 2 is 2.20 bits per heavy atom. The van der Waals surface area contributed by atoms with E-state index in [2.05, 4.69) is 10.3 Å². The number of carbonyl (C=O) groups excluding carboxylic acids is 1. The molecule has 0 radical (unpaired) electrons. The molecule has 0 spiro atoms. The van der Waals surface area contributed by atoms with Gasteiger partial charge in [0.05, 0.1) is 10.9 Å². The van der Waals surface area contributed by atoms with Gasteiger partial charge in [0.1, 0.15) is 5.52 Å². The Hall–Kier alpha value is -2.24. The van der Waals surface area contributed by atoms with E-state index in [1.165, 1.54) is 13.1 Å². The summed E-state index contributed by atoms with van der Waals surface area (Å²) >= 11 is 0. The van der Waals surface area contributed by atoms with E-state index >= 15 is 0 Å². The maximum absolute atomic E-state index is 11.7. The van der Waals surface area contributed by atoms with Crippen molar-refractivity contribution in [2.75, 3.05) is 0 Å². The third kappa shape index (κ3) is 1.35. The molecular formula is C9H8N4O2. The first-order chi connectivity index (χ1) is 7.11. The molecule has 6 nitrogen and oxygen atoms in total. The van der Waals surface area contributed by atoms with Gasteiger partial charge in [-0.1, -0.05) is 11.3 Å². The number of hydrogen-bond acceptors (Lipinski definition) is 4. The smallest absolute Gasteiger partial charge is 0.278 e. The molecule has 1 heterocycles. The molecule has 76 valence electrons. The first-order valence-corrected chi connectivity index (χ1v) is 4.24. The molecule has 0 bridgehead atoms. The summed E-state index contributed by atoms with van der Waals surface area (Å²) in [6.07, 6.45) is 0. The number of fused-ring (bicyclic) bond motifs is 1. The molecule has 0 fully saturated rings. The minimum absolute atomic E-state index is 0.169. The van der Waals surface area contributed by atoms with Gasteiger partial charge in [-0.2, -0.15) is 0 Å². The zero-order valence-electron chi connectivity index (χ0n) is 7.97. The first kappa shape index (κ1) is 9.32. The van der Waals surface area contributed by atoms with Crippen LogP contribution in [0.1, 0.15) is 10.4 Å². The highest BCUT2D eigenvalue weighted by Crippen LogP contribution is 2.10. The van der Waals surface area contributed by atoms with Crippen LogP contribution in [-0.2, 0) is 7.05 Å². The maximum atomic E-state index is 11.7. The van der Waals surface area contributed by atoms with Gasteiger partial charge in [-0.25, -0.2) is 4.68 Å². The molecule has 0 unspecified atom stereocenters. The van der Waals surface area contributed by atoms with Gasteiger partial charge in [0.25, 0.3) is 5.56 Å². The average Bonchev–Trinajstić information content (AvgIpc) is 2.23. The molecule has 0 aliphatic rings. The summed E-state index contributed by atoms with van der Waals surface area (Å²) in [5, 5.41) is 7.61. The third-order valence-electron chi connectivity index (χ3n) is 2.10. The number of rotatable bonds is 1. The van der Waals surface area contributed by atoms with Gasteiger partial charge >= 0.3 is 0 Å². The second-order valence-corrected chi connectivity index (χ2v) is 3.08. The lowest BCUT2D eigenvalue weighted by atomic mass is 10.1. The van der Waals surface area contributed by atoms with E-state index in [9.17, 15) is 9.59 Å². The quantitative estimate of drug-likeness (QED) is 0.673. The summed E-state index contributed by atoms with van der Waals surface area (Å²) in [4.78, 5) is 22.8. The number of aryl methyl sites for hydroxylation is 1. The summed E-state index contributed by atoms with van der Waals surface area (Å²) in [5.74, 6) is -0.647. The van der Waals surface area contributed by atoms with Crippen molar-refractivity contribution < 1.29 is 4.79 Å². The van der Waals surface area contributed by atoms with E-state index in [0.717, 1.165) is 4.68 Å². The van der Waals surface area contributed by atoms with Gasteiger partial charge in [0.2, 0.25) is 5.91 Å².